The Hall–Kier alpha value is -4.11. The molecule has 0 radical (unpaired) electrons. The summed E-state index contributed by atoms with van der Waals surface area (Å²) in [5.74, 6) is -4.12. The van der Waals surface area contributed by atoms with Crippen molar-refractivity contribution in [3.63, 3.8) is 0 Å². The summed E-state index contributed by atoms with van der Waals surface area (Å²) < 4.78 is 116. The number of carbonyl (C=O) groups is 2. The van der Waals surface area contributed by atoms with Crippen LogP contribution in [0.3, 0.4) is 0 Å². The molecule has 0 unspecified atom stereocenters. The monoisotopic (exact) mass is 678 g/mol. The molecule has 0 atom stereocenters. The molecule has 2 N–H and O–H groups in total. The predicted molar refractivity (Wildman–Crippen MR) is 156 cm³/mol. The van der Waals surface area contributed by atoms with Crippen LogP contribution in [-0.4, -0.2) is 51.8 Å². The van der Waals surface area contributed by atoms with Crippen LogP contribution < -0.4 is 15.0 Å². The number of aromatic carboxylic acids is 1. The van der Waals surface area contributed by atoms with Gasteiger partial charge in [0.05, 0.1) is 28.2 Å². The Balaban J connectivity index is 1.91. The number of amides is 1. The van der Waals surface area contributed by atoms with Crippen LogP contribution in [0, 0.1) is 11.3 Å². The van der Waals surface area contributed by atoms with Gasteiger partial charge in [0.15, 0.2) is 0 Å². The summed E-state index contributed by atoms with van der Waals surface area (Å²) >= 11 is 0. The second kappa shape index (κ2) is 13.2. The van der Waals surface area contributed by atoms with Crippen LogP contribution in [0.2, 0.25) is 0 Å². The van der Waals surface area contributed by atoms with Crippen molar-refractivity contribution in [1.82, 2.24) is 14.9 Å². The zero-order valence-corrected chi connectivity index (χ0v) is 25.9. The van der Waals surface area contributed by atoms with E-state index in [9.17, 15) is 49.8 Å². The maximum absolute atomic E-state index is 14.5. The number of halogens is 8. The molecule has 1 aromatic heterocycles. The first-order valence-corrected chi connectivity index (χ1v) is 14.7. The molecule has 1 heterocycles. The van der Waals surface area contributed by atoms with E-state index < -0.39 is 71.3 Å². The molecular weight excluding hydrogens is 644 g/mol. The van der Waals surface area contributed by atoms with Gasteiger partial charge in [-0.15, -0.1) is 0 Å². The minimum Gasteiger partial charge on any atom is -0.487 e. The average molecular weight is 679 g/mol. The van der Waals surface area contributed by atoms with E-state index in [2.05, 4.69) is 10.3 Å². The van der Waals surface area contributed by atoms with E-state index in [-0.39, 0.29) is 60.7 Å². The number of nitrogens with one attached hydrogen (secondary N) is 1. The molecule has 1 amide bonds. The Kier molecular flexibility index (Phi) is 10.0. The van der Waals surface area contributed by atoms with Gasteiger partial charge in [0.2, 0.25) is 11.9 Å². The smallest absolute Gasteiger partial charge is 0.418 e. The highest BCUT2D eigenvalue weighted by Crippen LogP contribution is 2.46. The summed E-state index contributed by atoms with van der Waals surface area (Å²) in [6.45, 7) is 3.70. The van der Waals surface area contributed by atoms with Crippen LogP contribution in [0.25, 0.3) is 11.0 Å². The second-order valence-electron chi connectivity index (χ2n) is 12.5. The molecule has 258 valence electrons. The van der Waals surface area contributed by atoms with Gasteiger partial charge < -0.3 is 24.6 Å². The molecule has 16 heteroatoms. The highest BCUT2D eigenvalue weighted by molar-refractivity contribution is 5.96. The van der Waals surface area contributed by atoms with E-state index in [4.69, 9.17) is 4.74 Å². The fourth-order valence-electron chi connectivity index (χ4n) is 5.56. The molecule has 0 spiro atoms. The third kappa shape index (κ3) is 8.07. The molecule has 1 saturated carbocycles. The Morgan fingerprint density at radius 3 is 2.21 bits per heavy atom. The lowest BCUT2D eigenvalue weighted by Gasteiger charge is -2.39. The van der Waals surface area contributed by atoms with Crippen molar-refractivity contribution in [2.24, 2.45) is 18.4 Å². The molecule has 0 bridgehead atoms. The number of rotatable bonds is 9. The summed E-state index contributed by atoms with van der Waals surface area (Å²) in [5, 5.41) is 12.4. The van der Waals surface area contributed by atoms with Crippen molar-refractivity contribution in [1.29, 1.82) is 0 Å². The van der Waals surface area contributed by atoms with E-state index in [1.807, 2.05) is 0 Å². The number of anilines is 2. The van der Waals surface area contributed by atoms with E-state index >= 15 is 0 Å². The van der Waals surface area contributed by atoms with Gasteiger partial charge in [-0.2, -0.15) is 26.3 Å². The van der Waals surface area contributed by atoms with Crippen molar-refractivity contribution in [3.8, 4) is 5.75 Å². The van der Waals surface area contributed by atoms with Crippen molar-refractivity contribution >= 4 is 34.5 Å². The maximum Gasteiger partial charge on any atom is 0.418 e. The topological polar surface area (TPSA) is 96.7 Å². The second-order valence-corrected chi connectivity index (χ2v) is 12.5. The van der Waals surface area contributed by atoms with Crippen molar-refractivity contribution in [2.75, 3.05) is 11.5 Å². The number of imidazole rings is 1. The number of carboxylic acids is 1. The molecule has 0 saturated heterocycles. The number of alkyl halides is 8. The number of benzene rings is 2. The van der Waals surface area contributed by atoms with Gasteiger partial charge >= 0.3 is 18.3 Å². The normalized spacial score (nSPS) is 17.6. The number of hydrogen-bond acceptors (Lipinski definition) is 5. The summed E-state index contributed by atoms with van der Waals surface area (Å²) in [5.41, 5.74) is -2.49. The molecule has 1 aliphatic carbocycles. The lowest BCUT2D eigenvalue weighted by Crippen LogP contribution is -2.40. The Bertz CT molecular complexity index is 1620. The SMILES string of the molecule is Cn1c(N(c2cc(CNC(=O)C(C)(C)C)ccc2C(F)(F)F)C2CCC(C(F)(F)F)CC2)nc2cc(C(=O)O)c(OCC(F)F)cc21. The summed E-state index contributed by atoms with van der Waals surface area (Å²) in [7, 11) is 1.40. The fraction of sp³-hybridized carbons (Fsp3) is 0.516. The number of hydrogen-bond donors (Lipinski definition) is 2. The van der Waals surface area contributed by atoms with E-state index in [1.54, 1.807) is 20.8 Å². The molecule has 1 aliphatic rings. The quantitative estimate of drug-likeness (QED) is 0.224. The molecule has 8 nitrogen and oxygen atoms in total. The third-order valence-electron chi connectivity index (χ3n) is 8.06. The maximum atomic E-state index is 14.5. The van der Waals surface area contributed by atoms with Gasteiger partial charge in [0.1, 0.15) is 17.9 Å². The first-order chi connectivity index (χ1) is 21.7. The van der Waals surface area contributed by atoms with Crippen LogP contribution in [0.1, 0.15) is 67.9 Å². The molecule has 47 heavy (non-hydrogen) atoms. The first-order valence-electron chi connectivity index (χ1n) is 14.7. The third-order valence-corrected chi connectivity index (χ3v) is 8.06. The first kappa shape index (κ1) is 35.7. The Morgan fingerprint density at radius 2 is 1.68 bits per heavy atom. The minimum atomic E-state index is -4.92. The van der Waals surface area contributed by atoms with Gasteiger partial charge in [-0.1, -0.05) is 26.8 Å². The predicted octanol–water partition coefficient (Wildman–Crippen LogP) is 7.86. The van der Waals surface area contributed by atoms with Gasteiger partial charge in [-0.05, 0) is 49.4 Å². The highest BCUT2D eigenvalue weighted by atomic mass is 19.4. The largest absolute Gasteiger partial charge is 0.487 e. The molecule has 0 aliphatic heterocycles. The lowest BCUT2D eigenvalue weighted by molar-refractivity contribution is -0.182. The number of aryl methyl sites for hydroxylation is 1. The number of fused-ring (bicyclic) bond motifs is 1. The minimum absolute atomic E-state index is 0.0274. The molecule has 3 aromatic rings. The number of carboxylic acid groups (broad SMARTS) is 1. The van der Waals surface area contributed by atoms with E-state index in [1.165, 1.54) is 28.6 Å². The summed E-state index contributed by atoms with van der Waals surface area (Å²) in [6, 6.07) is 4.46. The van der Waals surface area contributed by atoms with Crippen LogP contribution in [-0.2, 0) is 24.6 Å². The standard InChI is InChI=1S/C31H34F8N4O4/c1-29(2,3)27(46)40-14-16-5-10-20(31(37,38)39)22(11-16)43(18-8-6-17(7-9-18)30(34,35)36)28-41-21-12-19(26(44)45)24(47-15-25(32)33)13-23(21)42(28)4/h5,10-13,17-18,25H,6-9,14-15H2,1-4H3,(H,40,46)(H,44,45). The van der Waals surface area contributed by atoms with Crippen LogP contribution in [0.5, 0.6) is 5.75 Å². The van der Waals surface area contributed by atoms with Crippen molar-refractivity contribution in [2.45, 2.75) is 77.8 Å². The Morgan fingerprint density at radius 1 is 1.04 bits per heavy atom. The van der Waals surface area contributed by atoms with Crippen LogP contribution in [0.15, 0.2) is 30.3 Å². The number of aromatic nitrogens is 2. The van der Waals surface area contributed by atoms with E-state index in [0.717, 1.165) is 18.2 Å². The van der Waals surface area contributed by atoms with Crippen LogP contribution >= 0.6 is 0 Å². The number of nitrogens with zero attached hydrogens (tertiary/aromatic N) is 3. The Labute approximate surface area is 264 Å². The highest BCUT2D eigenvalue weighted by Gasteiger charge is 2.44. The number of ether oxygens (including phenoxy) is 1. The van der Waals surface area contributed by atoms with Gasteiger partial charge in [-0.25, -0.2) is 18.6 Å². The van der Waals surface area contributed by atoms with Crippen molar-refractivity contribution < 1.29 is 54.6 Å². The molecule has 1 fully saturated rings. The van der Waals surface area contributed by atoms with Gasteiger partial charge in [0, 0.05) is 31.1 Å². The average Bonchev–Trinajstić information content (AvgIpc) is 3.27. The zero-order chi connectivity index (χ0) is 35.1. The van der Waals surface area contributed by atoms with Gasteiger partial charge in [0.25, 0.3) is 6.43 Å². The summed E-state index contributed by atoms with van der Waals surface area (Å²) in [4.78, 5) is 30.0. The molecule has 2 aromatic carbocycles. The van der Waals surface area contributed by atoms with Crippen molar-refractivity contribution in [3.05, 3.63) is 47.0 Å². The fourth-order valence-corrected chi connectivity index (χ4v) is 5.56. The van der Waals surface area contributed by atoms with Crippen LogP contribution in [0.4, 0.5) is 46.8 Å². The van der Waals surface area contributed by atoms with E-state index in [0.29, 0.717) is 0 Å². The molecular formula is C31H34F8N4O4. The van der Waals surface area contributed by atoms with Gasteiger partial charge in [-0.3, -0.25) is 4.79 Å². The summed E-state index contributed by atoms with van der Waals surface area (Å²) in [6.07, 6.45) is -13.4. The zero-order valence-electron chi connectivity index (χ0n) is 25.9. The number of carbonyl (C=O) groups excluding carboxylic acids is 1. The lowest BCUT2D eigenvalue weighted by atomic mass is 9.84. The molecule has 4 rings (SSSR count).